The van der Waals surface area contributed by atoms with Crippen LogP contribution < -0.4 is 5.32 Å². The van der Waals surface area contributed by atoms with Crippen LogP contribution in [-0.2, 0) is 4.79 Å². The van der Waals surface area contributed by atoms with Crippen molar-refractivity contribution in [2.24, 2.45) is 0 Å². The second-order valence-corrected chi connectivity index (χ2v) is 6.26. The van der Waals surface area contributed by atoms with E-state index < -0.39 is 5.97 Å². The summed E-state index contributed by atoms with van der Waals surface area (Å²) >= 11 is 0. The molecule has 2 aromatic rings. The van der Waals surface area contributed by atoms with E-state index in [0.29, 0.717) is 11.6 Å². The Kier molecular flexibility index (Phi) is 5.08. The molecule has 25 heavy (non-hydrogen) atoms. The smallest absolute Gasteiger partial charge is 0.335 e. The van der Waals surface area contributed by atoms with Gasteiger partial charge in [-0.25, -0.2) is 9.78 Å². The van der Waals surface area contributed by atoms with Crippen molar-refractivity contribution >= 4 is 17.6 Å². The molecule has 1 aromatic heterocycles. The molecule has 1 saturated heterocycles. The van der Waals surface area contributed by atoms with E-state index in [1.54, 1.807) is 12.1 Å². The van der Waals surface area contributed by atoms with Crippen LogP contribution in [0.1, 0.15) is 40.8 Å². The molecule has 0 atom stereocenters. The third-order valence-corrected chi connectivity index (χ3v) is 4.33. The number of nitrogens with zero attached hydrogens (tertiary/aromatic N) is 3. The molecule has 3 rings (SSSR count). The highest BCUT2D eigenvalue weighted by Crippen LogP contribution is 2.25. The Morgan fingerprint density at radius 3 is 2.76 bits per heavy atom. The predicted molar refractivity (Wildman–Crippen MR) is 91.6 cm³/mol. The van der Waals surface area contributed by atoms with Gasteiger partial charge in [-0.3, -0.25) is 14.8 Å². The quantitative estimate of drug-likeness (QED) is 0.761. The number of aromatic nitrogens is 3. The molecule has 0 aliphatic carbocycles. The van der Waals surface area contributed by atoms with Gasteiger partial charge < -0.3 is 10.4 Å². The number of nitrogens with one attached hydrogen (secondary N) is 2. The topological polar surface area (TPSA) is 111 Å². The van der Waals surface area contributed by atoms with E-state index in [1.807, 2.05) is 6.92 Å². The number of rotatable bonds is 5. The van der Waals surface area contributed by atoms with Gasteiger partial charge in [0, 0.05) is 11.6 Å². The van der Waals surface area contributed by atoms with Gasteiger partial charge in [0.2, 0.25) is 5.91 Å². The third kappa shape index (κ3) is 4.42. The van der Waals surface area contributed by atoms with Crippen LogP contribution in [0.2, 0.25) is 0 Å². The average Bonchev–Trinajstić information content (AvgIpc) is 3.02. The van der Waals surface area contributed by atoms with Crippen molar-refractivity contribution in [3.63, 3.8) is 0 Å². The molecule has 0 spiro atoms. The van der Waals surface area contributed by atoms with E-state index in [9.17, 15) is 9.59 Å². The second kappa shape index (κ2) is 7.43. The minimum absolute atomic E-state index is 0.144. The molecule has 0 bridgehead atoms. The maximum Gasteiger partial charge on any atom is 0.335 e. The number of aromatic amines is 1. The monoisotopic (exact) mass is 343 g/mol. The van der Waals surface area contributed by atoms with Crippen LogP contribution in [0.3, 0.4) is 0 Å². The van der Waals surface area contributed by atoms with Crippen molar-refractivity contribution < 1.29 is 14.7 Å². The van der Waals surface area contributed by atoms with Crippen LogP contribution in [0, 0.1) is 6.92 Å². The number of amides is 1. The lowest BCUT2D eigenvalue weighted by Crippen LogP contribution is -2.38. The summed E-state index contributed by atoms with van der Waals surface area (Å²) in [7, 11) is 0. The first-order chi connectivity index (χ1) is 12.0. The number of anilines is 1. The number of aryl methyl sites for hydroxylation is 1. The minimum Gasteiger partial charge on any atom is -0.478 e. The Hall–Kier alpha value is -2.74. The van der Waals surface area contributed by atoms with Crippen molar-refractivity contribution in [2.45, 2.75) is 25.7 Å². The van der Waals surface area contributed by atoms with E-state index in [-0.39, 0.29) is 18.0 Å². The summed E-state index contributed by atoms with van der Waals surface area (Å²) in [6.45, 7) is 3.79. The van der Waals surface area contributed by atoms with E-state index in [4.69, 9.17) is 5.11 Å². The van der Waals surface area contributed by atoms with E-state index in [2.05, 4.69) is 25.4 Å². The lowest BCUT2D eigenvalue weighted by atomic mass is 9.96. The molecular formula is C17H21N5O3. The van der Waals surface area contributed by atoms with Gasteiger partial charge in [-0.15, -0.1) is 0 Å². The lowest BCUT2D eigenvalue weighted by Gasteiger charge is -2.30. The molecule has 1 aromatic carbocycles. The summed E-state index contributed by atoms with van der Waals surface area (Å²) in [5, 5.41) is 18.8. The Labute approximate surface area is 145 Å². The summed E-state index contributed by atoms with van der Waals surface area (Å²) in [5.74, 6) is 0.846. The standard InChI is InChI=1S/C17H21N5O3/c1-11-18-16(21-20-11)12-5-7-22(8-6-12)10-15(23)19-14-4-2-3-13(9-14)17(24)25/h2-4,9,12H,5-8,10H2,1H3,(H,19,23)(H,24,25)(H,18,20,21). The number of hydrogen-bond donors (Lipinski definition) is 3. The lowest BCUT2D eigenvalue weighted by molar-refractivity contribution is -0.117. The highest BCUT2D eigenvalue weighted by atomic mass is 16.4. The number of carbonyl (C=O) groups excluding carboxylic acids is 1. The molecule has 1 amide bonds. The minimum atomic E-state index is -1.01. The normalized spacial score (nSPS) is 15.9. The molecule has 2 heterocycles. The fourth-order valence-corrected chi connectivity index (χ4v) is 3.03. The van der Waals surface area contributed by atoms with Crippen molar-refractivity contribution in [1.82, 2.24) is 20.1 Å². The van der Waals surface area contributed by atoms with Crippen LogP contribution in [0.15, 0.2) is 24.3 Å². The molecule has 1 aliphatic rings. The van der Waals surface area contributed by atoms with Gasteiger partial charge in [-0.05, 0) is 51.1 Å². The van der Waals surface area contributed by atoms with Crippen molar-refractivity contribution in [3.05, 3.63) is 41.5 Å². The van der Waals surface area contributed by atoms with Gasteiger partial charge in [-0.1, -0.05) is 6.07 Å². The molecule has 0 saturated carbocycles. The Morgan fingerprint density at radius 1 is 1.36 bits per heavy atom. The van der Waals surface area contributed by atoms with Crippen molar-refractivity contribution in [2.75, 3.05) is 25.0 Å². The zero-order valence-corrected chi connectivity index (χ0v) is 14.0. The third-order valence-electron chi connectivity index (χ3n) is 4.33. The van der Waals surface area contributed by atoms with Gasteiger partial charge in [0.15, 0.2) is 5.82 Å². The number of hydrogen-bond acceptors (Lipinski definition) is 5. The van der Waals surface area contributed by atoms with E-state index >= 15 is 0 Å². The number of likely N-dealkylation sites (tertiary alicyclic amines) is 1. The fourth-order valence-electron chi connectivity index (χ4n) is 3.03. The van der Waals surface area contributed by atoms with Crippen LogP contribution >= 0.6 is 0 Å². The average molecular weight is 343 g/mol. The largest absolute Gasteiger partial charge is 0.478 e. The van der Waals surface area contributed by atoms with Gasteiger partial charge >= 0.3 is 5.97 Å². The van der Waals surface area contributed by atoms with Crippen molar-refractivity contribution in [3.8, 4) is 0 Å². The highest BCUT2D eigenvalue weighted by molar-refractivity contribution is 5.94. The van der Waals surface area contributed by atoms with E-state index in [0.717, 1.165) is 37.6 Å². The predicted octanol–water partition coefficient (Wildman–Crippen LogP) is 1.63. The first-order valence-corrected chi connectivity index (χ1v) is 8.26. The Bertz CT molecular complexity index is 765. The number of carbonyl (C=O) groups is 2. The number of benzene rings is 1. The summed E-state index contributed by atoms with van der Waals surface area (Å²) in [6, 6.07) is 6.25. The Balaban J connectivity index is 1.49. The molecule has 132 valence electrons. The molecular weight excluding hydrogens is 322 g/mol. The van der Waals surface area contributed by atoms with Gasteiger partial charge in [0.1, 0.15) is 5.82 Å². The van der Waals surface area contributed by atoms with Crippen LogP contribution in [0.4, 0.5) is 5.69 Å². The van der Waals surface area contributed by atoms with Crippen LogP contribution in [-0.4, -0.2) is 56.7 Å². The zero-order valence-electron chi connectivity index (χ0n) is 14.0. The maximum absolute atomic E-state index is 12.2. The molecule has 1 fully saturated rings. The number of aromatic carboxylic acids is 1. The first kappa shape index (κ1) is 17.1. The highest BCUT2D eigenvalue weighted by Gasteiger charge is 2.24. The summed E-state index contributed by atoms with van der Waals surface area (Å²) < 4.78 is 0. The van der Waals surface area contributed by atoms with Gasteiger partial charge in [0.05, 0.1) is 12.1 Å². The molecule has 8 heteroatoms. The summed E-state index contributed by atoms with van der Waals surface area (Å²) in [5.41, 5.74) is 0.649. The number of carboxylic acid groups (broad SMARTS) is 1. The van der Waals surface area contributed by atoms with Gasteiger partial charge in [0.25, 0.3) is 0 Å². The molecule has 8 nitrogen and oxygen atoms in total. The Morgan fingerprint density at radius 2 is 2.12 bits per heavy atom. The first-order valence-electron chi connectivity index (χ1n) is 8.26. The van der Waals surface area contributed by atoms with E-state index in [1.165, 1.54) is 12.1 Å². The molecule has 0 unspecified atom stereocenters. The summed E-state index contributed by atoms with van der Waals surface area (Å²) in [4.78, 5) is 29.6. The maximum atomic E-state index is 12.2. The van der Waals surface area contributed by atoms with Crippen LogP contribution in [0.25, 0.3) is 0 Å². The SMILES string of the molecule is Cc1nc(C2CCN(CC(=O)Nc3cccc(C(=O)O)c3)CC2)n[nH]1. The van der Waals surface area contributed by atoms with Gasteiger partial charge in [-0.2, -0.15) is 5.10 Å². The fraction of sp³-hybridized carbons (Fsp3) is 0.412. The second-order valence-electron chi connectivity index (χ2n) is 6.26. The number of H-pyrrole nitrogens is 1. The number of carboxylic acids is 1. The summed E-state index contributed by atoms with van der Waals surface area (Å²) in [6.07, 6.45) is 1.83. The van der Waals surface area contributed by atoms with Crippen LogP contribution in [0.5, 0.6) is 0 Å². The molecule has 0 radical (unpaired) electrons. The zero-order chi connectivity index (χ0) is 17.8. The molecule has 1 aliphatic heterocycles. The molecule has 3 N–H and O–H groups in total. The van der Waals surface area contributed by atoms with Crippen molar-refractivity contribution in [1.29, 1.82) is 0 Å². The number of piperidine rings is 1.